The van der Waals surface area contributed by atoms with E-state index < -0.39 is 5.97 Å². The fourth-order valence-corrected chi connectivity index (χ4v) is 3.15. The zero-order chi connectivity index (χ0) is 14.8. The Bertz CT molecular complexity index is 783. The SMILES string of the molecule is CCOC(=O)c1cnc(SC)n2c(-c3cccs3)nnc12. The maximum absolute atomic E-state index is 12.0. The smallest absolute Gasteiger partial charge is 0.343 e. The molecule has 3 rings (SSSR count). The summed E-state index contributed by atoms with van der Waals surface area (Å²) in [5, 5.41) is 11.1. The summed E-state index contributed by atoms with van der Waals surface area (Å²) in [7, 11) is 0. The van der Waals surface area contributed by atoms with Gasteiger partial charge in [0.15, 0.2) is 16.6 Å². The molecule has 0 amide bonds. The fourth-order valence-electron chi connectivity index (χ4n) is 1.94. The van der Waals surface area contributed by atoms with Gasteiger partial charge in [0.05, 0.1) is 11.5 Å². The molecule has 3 aromatic rings. The van der Waals surface area contributed by atoms with Crippen LogP contribution in [0.4, 0.5) is 0 Å². The van der Waals surface area contributed by atoms with Crippen LogP contribution in [0, 0.1) is 0 Å². The number of rotatable bonds is 4. The summed E-state index contributed by atoms with van der Waals surface area (Å²) >= 11 is 3.04. The van der Waals surface area contributed by atoms with E-state index in [9.17, 15) is 4.79 Å². The number of ether oxygens (including phenoxy) is 1. The lowest BCUT2D eigenvalue weighted by atomic mass is 10.3. The van der Waals surface area contributed by atoms with E-state index in [1.165, 1.54) is 18.0 Å². The van der Waals surface area contributed by atoms with Crippen LogP contribution in [0.1, 0.15) is 17.3 Å². The summed E-state index contributed by atoms with van der Waals surface area (Å²) in [6.45, 7) is 2.07. The highest BCUT2D eigenvalue weighted by Crippen LogP contribution is 2.27. The summed E-state index contributed by atoms with van der Waals surface area (Å²) in [6, 6.07) is 3.91. The van der Waals surface area contributed by atoms with Gasteiger partial charge in [-0.3, -0.25) is 4.40 Å². The van der Waals surface area contributed by atoms with Crippen molar-refractivity contribution in [1.82, 2.24) is 19.6 Å². The van der Waals surface area contributed by atoms with Crippen molar-refractivity contribution in [2.24, 2.45) is 0 Å². The van der Waals surface area contributed by atoms with Gasteiger partial charge in [-0.15, -0.1) is 21.5 Å². The highest BCUT2D eigenvalue weighted by Gasteiger charge is 2.20. The Balaban J connectivity index is 2.24. The summed E-state index contributed by atoms with van der Waals surface area (Å²) < 4.78 is 6.84. The number of fused-ring (bicyclic) bond motifs is 1. The highest BCUT2D eigenvalue weighted by molar-refractivity contribution is 7.98. The van der Waals surface area contributed by atoms with E-state index in [-0.39, 0.29) is 0 Å². The minimum Gasteiger partial charge on any atom is -0.462 e. The molecule has 3 heterocycles. The Kier molecular flexibility index (Phi) is 3.89. The molecule has 0 saturated heterocycles. The molecule has 0 aliphatic heterocycles. The Morgan fingerprint density at radius 2 is 2.33 bits per heavy atom. The quantitative estimate of drug-likeness (QED) is 0.418. The average molecular weight is 320 g/mol. The predicted octanol–water partition coefficient (Wildman–Crippen LogP) is 2.75. The number of thiophene rings is 1. The van der Waals surface area contributed by atoms with E-state index in [4.69, 9.17) is 4.74 Å². The second kappa shape index (κ2) is 5.82. The van der Waals surface area contributed by atoms with Gasteiger partial charge in [0, 0.05) is 6.20 Å². The number of hydrogen-bond acceptors (Lipinski definition) is 7. The van der Waals surface area contributed by atoms with E-state index in [0.717, 1.165) is 10.0 Å². The zero-order valence-electron chi connectivity index (χ0n) is 11.4. The van der Waals surface area contributed by atoms with Gasteiger partial charge in [-0.05, 0) is 24.6 Å². The number of hydrogen-bond donors (Lipinski definition) is 0. The zero-order valence-corrected chi connectivity index (χ0v) is 13.1. The fraction of sp³-hybridized carbons (Fsp3) is 0.231. The second-order valence-corrected chi connectivity index (χ2v) is 5.76. The van der Waals surface area contributed by atoms with Crippen LogP contribution in [0.2, 0.25) is 0 Å². The third-order valence-corrected chi connectivity index (χ3v) is 4.34. The molecular formula is C13H12N4O2S2. The van der Waals surface area contributed by atoms with Gasteiger partial charge in [0.2, 0.25) is 0 Å². The van der Waals surface area contributed by atoms with E-state index in [1.807, 2.05) is 23.8 Å². The number of carbonyl (C=O) groups excluding carboxylic acids is 1. The third kappa shape index (κ3) is 2.40. The van der Waals surface area contributed by atoms with Crippen molar-refractivity contribution in [3.05, 3.63) is 29.3 Å². The molecule has 21 heavy (non-hydrogen) atoms. The van der Waals surface area contributed by atoms with Crippen LogP contribution in [0.3, 0.4) is 0 Å². The van der Waals surface area contributed by atoms with Crippen LogP contribution in [0.15, 0.2) is 28.9 Å². The molecule has 0 N–H and O–H groups in total. The summed E-state index contributed by atoms with van der Waals surface area (Å²) in [6.07, 6.45) is 3.41. The van der Waals surface area contributed by atoms with Crippen LogP contribution < -0.4 is 0 Å². The molecule has 0 fully saturated rings. The van der Waals surface area contributed by atoms with Crippen molar-refractivity contribution in [2.45, 2.75) is 12.1 Å². The van der Waals surface area contributed by atoms with Crippen LogP contribution in [-0.2, 0) is 4.74 Å². The van der Waals surface area contributed by atoms with Crippen molar-refractivity contribution in [1.29, 1.82) is 0 Å². The monoisotopic (exact) mass is 320 g/mol. The van der Waals surface area contributed by atoms with Crippen molar-refractivity contribution >= 4 is 34.7 Å². The predicted molar refractivity (Wildman–Crippen MR) is 81.8 cm³/mol. The van der Waals surface area contributed by atoms with E-state index in [2.05, 4.69) is 15.2 Å². The normalized spacial score (nSPS) is 11.0. The van der Waals surface area contributed by atoms with Crippen LogP contribution in [-0.4, -0.2) is 38.4 Å². The van der Waals surface area contributed by atoms with Gasteiger partial charge in [0.25, 0.3) is 0 Å². The maximum atomic E-state index is 12.0. The van der Waals surface area contributed by atoms with Crippen LogP contribution >= 0.6 is 23.1 Å². The first kappa shape index (κ1) is 14.0. The van der Waals surface area contributed by atoms with E-state index in [1.54, 1.807) is 22.7 Å². The first-order valence-corrected chi connectivity index (χ1v) is 8.35. The molecule has 0 atom stereocenters. The number of nitrogens with zero attached hydrogens (tertiary/aromatic N) is 4. The number of thioether (sulfide) groups is 1. The molecule has 3 aromatic heterocycles. The molecule has 0 aromatic carbocycles. The second-order valence-electron chi connectivity index (χ2n) is 4.04. The van der Waals surface area contributed by atoms with Gasteiger partial charge in [-0.2, -0.15) is 0 Å². The minimum absolute atomic E-state index is 0.307. The molecule has 0 aliphatic carbocycles. The van der Waals surface area contributed by atoms with Crippen molar-refractivity contribution in [2.75, 3.05) is 12.9 Å². The van der Waals surface area contributed by atoms with Gasteiger partial charge in [-0.1, -0.05) is 17.8 Å². The molecule has 8 heteroatoms. The molecule has 108 valence electrons. The van der Waals surface area contributed by atoms with Crippen molar-refractivity contribution in [3.63, 3.8) is 0 Å². The Morgan fingerprint density at radius 3 is 3.00 bits per heavy atom. The first-order chi connectivity index (χ1) is 10.3. The first-order valence-electron chi connectivity index (χ1n) is 6.25. The summed E-state index contributed by atoms with van der Waals surface area (Å²) in [5.41, 5.74) is 0.793. The number of aromatic nitrogens is 4. The van der Waals surface area contributed by atoms with Crippen LogP contribution in [0.25, 0.3) is 16.3 Å². The van der Waals surface area contributed by atoms with Gasteiger partial charge in [0.1, 0.15) is 5.56 Å². The van der Waals surface area contributed by atoms with Gasteiger partial charge >= 0.3 is 5.97 Å². The Hall–Kier alpha value is -1.93. The molecule has 6 nitrogen and oxygen atoms in total. The maximum Gasteiger partial charge on any atom is 0.343 e. The van der Waals surface area contributed by atoms with Gasteiger partial charge in [-0.25, -0.2) is 9.78 Å². The molecule has 0 aliphatic rings. The summed E-state index contributed by atoms with van der Waals surface area (Å²) in [4.78, 5) is 17.3. The lowest BCUT2D eigenvalue weighted by Crippen LogP contribution is -2.09. The lowest BCUT2D eigenvalue weighted by molar-refractivity contribution is 0.0527. The molecular weight excluding hydrogens is 308 g/mol. The standard InChI is InChI=1S/C13H12N4O2S2/c1-3-19-12(18)8-7-14-13(20-2)17-10(8)15-16-11(17)9-5-4-6-21-9/h4-7H,3H2,1-2H3. The number of carbonyl (C=O) groups is 1. The molecule has 0 radical (unpaired) electrons. The number of esters is 1. The van der Waals surface area contributed by atoms with Crippen molar-refractivity contribution < 1.29 is 9.53 Å². The average Bonchev–Trinajstić information content (AvgIpc) is 3.15. The van der Waals surface area contributed by atoms with Crippen LogP contribution in [0.5, 0.6) is 0 Å². The third-order valence-electron chi connectivity index (χ3n) is 2.82. The topological polar surface area (TPSA) is 69.4 Å². The van der Waals surface area contributed by atoms with Crippen molar-refractivity contribution in [3.8, 4) is 10.7 Å². The highest BCUT2D eigenvalue weighted by atomic mass is 32.2. The molecule has 0 bridgehead atoms. The largest absolute Gasteiger partial charge is 0.462 e. The summed E-state index contributed by atoms with van der Waals surface area (Å²) in [5.74, 6) is 0.246. The lowest BCUT2D eigenvalue weighted by Gasteiger charge is -2.06. The Labute approximate surface area is 129 Å². The molecule has 0 saturated carbocycles. The molecule has 0 unspecified atom stereocenters. The van der Waals surface area contributed by atoms with E-state index >= 15 is 0 Å². The van der Waals surface area contributed by atoms with Gasteiger partial charge < -0.3 is 4.74 Å². The Morgan fingerprint density at radius 1 is 1.48 bits per heavy atom. The minimum atomic E-state index is -0.437. The molecule has 0 spiro atoms. The van der Waals surface area contributed by atoms with E-state index in [0.29, 0.717) is 23.6 Å².